The van der Waals surface area contributed by atoms with Crippen molar-refractivity contribution in [2.24, 2.45) is 7.05 Å². The Bertz CT molecular complexity index is 1480. The molecule has 0 bridgehead atoms. The molecule has 12 nitrogen and oxygen atoms in total. The predicted molar refractivity (Wildman–Crippen MR) is 146 cm³/mol. The van der Waals surface area contributed by atoms with Crippen molar-refractivity contribution in [2.75, 3.05) is 36.5 Å². The third kappa shape index (κ3) is 5.43. The molecule has 1 atom stereocenters. The Kier molecular flexibility index (Phi) is 7.00. The Balaban J connectivity index is 1.49. The molecule has 0 aliphatic carbocycles. The first-order valence-corrected chi connectivity index (χ1v) is 12.9. The summed E-state index contributed by atoms with van der Waals surface area (Å²) >= 11 is 0. The molecule has 0 radical (unpaired) electrons. The summed E-state index contributed by atoms with van der Waals surface area (Å²) in [6, 6.07) is 8.80. The molecule has 5 rings (SSSR count). The molecule has 2 aromatic heterocycles. The Hall–Kier alpha value is -4.03. The molecular weight excluding hydrogens is 502 g/mol. The van der Waals surface area contributed by atoms with Crippen LogP contribution in [0.2, 0.25) is 0 Å². The van der Waals surface area contributed by atoms with Gasteiger partial charge < -0.3 is 25.0 Å². The third-order valence-electron chi connectivity index (χ3n) is 7.06. The minimum atomic E-state index is -1.47. The zero-order valence-corrected chi connectivity index (χ0v) is 22.5. The molecule has 206 valence electrons. The van der Waals surface area contributed by atoms with Crippen molar-refractivity contribution in [2.45, 2.75) is 45.4 Å². The van der Waals surface area contributed by atoms with Crippen LogP contribution in [0, 0.1) is 0 Å². The lowest BCUT2D eigenvalue weighted by Gasteiger charge is -2.38. The number of aromatic nitrogens is 4. The van der Waals surface area contributed by atoms with Crippen LogP contribution in [0.1, 0.15) is 32.0 Å². The number of carbonyl (C=O) groups is 1. The minimum absolute atomic E-state index is 0.133. The second-order valence-electron chi connectivity index (χ2n) is 10.5. The van der Waals surface area contributed by atoms with E-state index in [1.807, 2.05) is 24.3 Å². The molecule has 1 fully saturated rings. The van der Waals surface area contributed by atoms with Gasteiger partial charge in [-0.05, 0) is 51.5 Å². The van der Waals surface area contributed by atoms with E-state index in [1.54, 1.807) is 4.90 Å². The Morgan fingerprint density at radius 1 is 1.18 bits per heavy atom. The van der Waals surface area contributed by atoms with Gasteiger partial charge in [0, 0.05) is 43.0 Å². The van der Waals surface area contributed by atoms with Crippen molar-refractivity contribution < 1.29 is 14.6 Å². The molecule has 1 aromatic carbocycles. The number of amides is 1. The summed E-state index contributed by atoms with van der Waals surface area (Å²) in [7, 11) is 1.41. The van der Waals surface area contributed by atoms with Crippen molar-refractivity contribution >= 4 is 23.2 Å². The van der Waals surface area contributed by atoms with Crippen LogP contribution in [0.5, 0.6) is 0 Å². The van der Waals surface area contributed by atoms with Crippen molar-refractivity contribution in [3.63, 3.8) is 0 Å². The van der Waals surface area contributed by atoms with Crippen LogP contribution in [-0.4, -0.2) is 73.4 Å². The van der Waals surface area contributed by atoms with Crippen molar-refractivity contribution in [3.8, 4) is 11.4 Å². The van der Waals surface area contributed by atoms with Crippen molar-refractivity contribution in [1.29, 1.82) is 0 Å². The monoisotopic (exact) mass is 535 g/mol. The number of hydrogen-bond acceptors (Lipinski definition) is 9. The maximum Gasteiger partial charge on any atom is 0.329 e. The number of morpholine rings is 1. The normalized spacial score (nSPS) is 17.6. The van der Waals surface area contributed by atoms with Gasteiger partial charge in [0.05, 0.1) is 31.5 Å². The molecule has 39 heavy (non-hydrogen) atoms. The van der Waals surface area contributed by atoms with Crippen LogP contribution in [0.25, 0.3) is 11.4 Å². The highest BCUT2D eigenvalue weighted by atomic mass is 16.5. The SMILES string of the molecule is CC1COCCN1c1nc(-c2ccc(Nc3cc(=O)n(C)c(=O)[nH]3)cc2)nc2c1CCN(C(=O)C(C)(C)O)C2. The Labute approximate surface area is 225 Å². The van der Waals surface area contributed by atoms with Gasteiger partial charge in [0.25, 0.3) is 11.5 Å². The number of anilines is 3. The lowest BCUT2D eigenvalue weighted by molar-refractivity contribution is -0.148. The first kappa shape index (κ1) is 26.6. The zero-order valence-electron chi connectivity index (χ0n) is 22.5. The highest BCUT2D eigenvalue weighted by Crippen LogP contribution is 2.32. The minimum Gasteiger partial charge on any atom is -0.381 e. The molecule has 12 heteroatoms. The Morgan fingerprint density at radius 2 is 1.92 bits per heavy atom. The number of aliphatic hydroxyl groups is 1. The summed E-state index contributed by atoms with van der Waals surface area (Å²) in [6.45, 7) is 7.77. The average Bonchev–Trinajstić information content (AvgIpc) is 2.90. The number of carbonyl (C=O) groups excluding carboxylic acids is 1. The van der Waals surface area contributed by atoms with Gasteiger partial charge in [-0.15, -0.1) is 0 Å². The van der Waals surface area contributed by atoms with Crippen LogP contribution in [0.15, 0.2) is 39.9 Å². The van der Waals surface area contributed by atoms with Gasteiger partial charge in [-0.2, -0.15) is 0 Å². The molecule has 3 N–H and O–H groups in total. The second-order valence-corrected chi connectivity index (χ2v) is 10.5. The number of rotatable bonds is 5. The van der Waals surface area contributed by atoms with E-state index in [4.69, 9.17) is 14.7 Å². The van der Waals surface area contributed by atoms with Gasteiger partial charge >= 0.3 is 5.69 Å². The lowest BCUT2D eigenvalue weighted by Crippen LogP contribution is -2.48. The number of benzene rings is 1. The molecule has 0 saturated carbocycles. The summed E-state index contributed by atoms with van der Waals surface area (Å²) in [5, 5.41) is 13.3. The first-order chi connectivity index (χ1) is 18.5. The standard InChI is InChI=1S/C27H33N7O5/c1-16-15-39-12-11-34(16)24-19-9-10-33(25(36)27(2,3)38)14-20(19)29-23(31-24)17-5-7-18(8-6-17)28-21-13-22(35)32(4)26(37)30-21/h5-8,13,16,28,38H,9-12,14-15H2,1-4H3,(H,30,37). The van der Waals surface area contributed by atoms with E-state index in [9.17, 15) is 19.5 Å². The number of nitrogens with zero attached hydrogens (tertiary/aromatic N) is 5. The molecular formula is C27H33N7O5. The molecule has 4 heterocycles. The van der Waals surface area contributed by atoms with E-state index in [1.165, 1.54) is 27.0 Å². The van der Waals surface area contributed by atoms with Crippen LogP contribution in [0.4, 0.5) is 17.3 Å². The number of aromatic amines is 1. The highest BCUT2D eigenvalue weighted by molar-refractivity contribution is 5.84. The summed E-state index contributed by atoms with van der Waals surface area (Å²) < 4.78 is 6.64. The third-order valence-corrected chi connectivity index (χ3v) is 7.06. The summed E-state index contributed by atoms with van der Waals surface area (Å²) in [5.74, 6) is 1.33. The second kappa shape index (κ2) is 10.3. The summed E-state index contributed by atoms with van der Waals surface area (Å²) in [4.78, 5) is 53.1. The Morgan fingerprint density at radius 3 is 2.59 bits per heavy atom. The van der Waals surface area contributed by atoms with Crippen LogP contribution in [-0.2, 0) is 29.5 Å². The topological polar surface area (TPSA) is 146 Å². The first-order valence-electron chi connectivity index (χ1n) is 12.9. The van der Waals surface area contributed by atoms with Crippen LogP contribution in [0.3, 0.4) is 0 Å². The van der Waals surface area contributed by atoms with E-state index in [2.05, 4.69) is 22.1 Å². The maximum absolute atomic E-state index is 12.8. The van der Waals surface area contributed by atoms with Gasteiger partial charge in [0.15, 0.2) is 5.82 Å². The quantitative estimate of drug-likeness (QED) is 0.438. The van der Waals surface area contributed by atoms with Gasteiger partial charge in [0.2, 0.25) is 0 Å². The molecule has 1 saturated heterocycles. The summed E-state index contributed by atoms with van der Waals surface area (Å²) in [5.41, 5.74) is 0.829. The lowest BCUT2D eigenvalue weighted by atomic mass is 10.0. The van der Waals surface area contributed by atoms with Gasteiger partial charge in [-0.1, -0.05) is 0 Å². The van der Waals surface area contributed by atoms with Crippen molar-refractivity contribution in [3.05, 3.63) is 62.4 Å². The van der Waals surface area contributed by atoms with Gasteiger partial charge in [0.1, 0.15) is 17.2 Å². The fraction of sp³-hybridized carbons (Fsp3) is 0.444. The number of hydrogen-bond donors (Lipinski definition) is 3. The van der Waals surface area contributed by atoms with E-state index >= 15 is 0 Å². The molecule has 1 unspecified atom stereocenters. The zero-order chi connectivity index (χ0) is 27.9. The number of nitrogens with one attached hydrogen (secondary N) is 2. The van der Waals surface area contributed by atoms with Crippen LogP contribution < -0.4 is 21.5 Å². The van der Waals surface area contributed by atoms with E-state index < -0.39 is 16.9 Å². The van der Waals surface area contributed by atoms with Gasteiger partial charge in [-0.25, -0.2) is 14.8 Å². The smallest absolute Gasteiger partial charge is 0.329 e. The molecule has 0 spiro atoms. The van der Waals surface area contributed by atoms with E-state index in [-0.39, 0.29) is 18.5 Å². The number of fused-ring (bicyclic) bond motifs is 1. The fourth-order valence-electron chi connectivity index (χ4n) is 4.86. The molecule has 3 aromatic rings. The van der Waals surface area contributed by atoms with Gasteiger partial charge in [-0.3, -0.25) is 19.1 Å². The molecule has 2 aliphatic rings. The summed E-state index contributed by atoms with van der Waals surface area (Å²) in [6.07, 6.45) is 0.592. The van der Waals surface area contributed by atoms with Crippen LogP contribution >= 0.6 is 0 Å². The highest BCUT2D eigenvalue weighted by Gasteiger charge is 2.34. The number of ether oxygens (including phenoxy) is 1. The fourth-order valence-corrected chi connectivity index (χ4v) is 4.86. The predicted octanol–water partition coefficient (Wildman–Crippen LogP) is 1.15. The maximum atomic E-state index is 12.8. The average molecular weight is 536 g/mol. The van der Waals surface area contributed by atoms with E-state index in [0.717, 1.165) is 27.2 Å². The molecule has 2 aliphatic heterocycles. The molecule has 1 amide bonds. The van der Waals surface area contributed by atoms with E-state index in [0.29, 0.717) is 50.1 Å². The number of H-pyrrole nitrogens is 1. The largest absolute Gasteiger partial charge is 0.381 e. The van der Waals surface area contributed by atoms with Crippen molar-refractivity contribution in [1.82, 2.24) is 24.4 Å².